The van der Waals surface area contributed by atoms with Crippen LogP contribution < -0.4 is 19.1 Å². The van der Waals surface area contributed by atoms with Crippen LogP contribution in [0.4, 0.5) is 5.95 Å². The molecule has 0 amide bonds. The number of benzene rings is 1. The second-order valence-corrected chi connectivity index (χ2v) is 6.90. The molecule has 0 aliphatic carbocycles. The summed E-state index contributed by atoms with van der Waals surface area (Å²) in [6.07, 6.45) is 3.70. The Hall–Kier alpha value is -3.29. The van der Waals surface area contributed by atoms with Crippen molar-refractivity contribution in [2.75, 3.05) is 32.2 Å². The van der Waals surface area contributed by atoms with Crippen molar-refractivity contribution in [1.29, 1.82) is 0 Å². The van der Waals surface area contributed by atoms with Crippen molar-refractivity contribution < 1.29 is 14.2 Å². The molecule has 0 N–H and O–H groups in total. The van der Waals surface area contributed by atoms with Crippen LogP contribution in [0.25, 0.3) is 5.69 Å². The first kappa shape index (κ1) is 19.0. The Morgan fingerprint density at radius 2 is 1.69 bits per heavy atom. The fourth-order valence-corrected chi connectivity index (χ4v) is 3.55. The SMILES string of the molecule is COc1ccc(-n2c(C)nnc2N2CCC(Oc3ccccc3OC)CC2)cn1. The molecule has 4 rings (SSSR count). The van der Waals surface area contributed by atoms with Crippen molar-refractivity contribution in [1.82, 2.24) is 19.7 Å². The monoisotopic (exact) mass is 395 g/mol. The molecule has 0 spiro atoms. The predicted molar refractivity (Wildman–Crippen MR) is 109 cm³/mol. The number of para-hydroxylation sites is 2. The van der Waals surface area contributed by atoms with E-state index in [0.717, 1.165) is 54.9 Å². The Bertz CT molecular complexity index is 949. The minimum atomic E-state index is 0.141. The minimum absolute atomic E-state index is 0.141. The molecule has 8 heteroatoms. The molecule has 0 unspecified atom stereocenters. The van der Waals surface area contributed by atoms with Crippen molar-refractivity contribution in [3.63, 3.8) is 0 Å². The van der Waals surface area contributed by atoms with Gasteiger partial charge in [-0.25, -0.2) is 4.98 Å². The van der Waals surface area contributed by atoms with E-state index in [1.807, 2.05) is 47.9 Å². The first-order valence-electron chi connectivity index (χ1n) is 9.66. The number of hydrogen-bond donors (Lipinski definition) is 0. The largest absolute Gasteiger partial charge is 0.493 e. The second-order valence-electron chi connectivity index (χ2n) is 6.90. The quantitative estimate of drug-likeness (QED) is 0.635. The fourth-order valence-electron chi connectivity index (χ4n) is 3.55. The number of ether oxygens (including phenoxy) is 3. The highest BCUT2D eigenvalue weighted by molar-refractivity contribution is 5.44. The zero-order valence-corrected chi connectivity index (χ0v) is 16.9. The van der Waals surface area contributed by atoms with E-state index in [-0.39, 0.29) is 6.10 Å². The van der Waals surface area contributed by atoms with Crippen molar-refractivity contribution in [2.45, 2.75) is 25.9 Å². The van der Waals surface area contributed by atoms with Gasteiger partial charge in [0.15, 0.2) is 11.5 Å². The zero-order valence-electron chi connectivity index (χ0n) is 16.9. The maximum atomic E-state index is 6.19. The summed E-state index contributed by atoms with van der Waals surface area (Å²) in [7, 11) is 3.27. The van der Waals surface area contributed by atoms with E-state index >= 15 is 0 Å². The molecule has 1 aliphatic heterocycles. The highest BCUT2D eigenvalue weighted by atomic mass is 16.5. The molecular formula is C21H25N5O3. The van der Waals surface area contributed by atoms with Crippen LogP contribution in [0.5, 0.6) is 17.4 Å². The van der Waals surface area contributed by atoms with E-state index < -0.39 is 0 Å². The molecule has 1 aromatic carbocycles. The average Bonchev–Trinajstić information content (AvgIpc) is 3.16. The average molecular weight is 395 g/mol. The molecule has 0 saturated carbocycles. The van der Waals surface area contributed by atoms with E-state index in [9.17, 15) is 0 Å². The number of rotatable bonds is 6. The van der Waals surface area contributed by atoms with Gasteiger partial charge in [-0.2, -0.15) is 0 Å². The lowest BCUT2D eigenvalue weighted by molar-refractivity contribution is 0.164. The number of pyridine rings is 1. The van der Waals surface area contributed by atoms with Crippen LogP contribution in [0.2, 0.25) is 0 Å². The summed E-state index contributed by atoms with van der Waals surface area (Å²) in [5.74, 6) is 3.77. The van der Waals surface area contributed by atoms with Gasteiger partial charge in [0.25, 0.3) is 0 Å². The summed E-state index contributed by atoms with van der Waals surface area (Å²) in [5, 5.41) is 8.70. The summed E-state index contributed by atoms with van der Waals surface area (Å²) < 4.78 is 18.8. The molecule has 3 heterocycles. The van der Waals surface area contributed by atoms with Crippen LogP contribution in [0.1, 0.15) is 18.7 Å². The fraction of sp³-hybridized carbons (Fsp3) is 0.381. The normalized spacial score (nSPS) is 14.7. The maximum Gasteiger partial charge on any atom is 0.231 e. The van der Waals surface area contributed by atoms with Crippen molar-refractivity contribution in [3.05, 3.63) is 48.4 Å². The molecule has 0 radical (unpaired) electrons. The van der Waals surface area contributed by atoms with Gasteiger partial charge < -0.3 is 19.1 Å². The smallest absolute Gasteiger partial charge is 0.231 e. The van der Waals surface area contributed by atoms with Crippen LogP contribution in [0.3, 0.4) is 0 Å². The van der Waals surface area contributed by atoms with Crippen molar-refractivity contribution in [2.24, 2.45) is 0 Å². The molecule has 8 nitrogen and oxygen atoms in total. The maximum absolute atomic E-state index is 6.19. The minimum Gasteiger partial charge on any atom is -0.493 e. The lowest BCUT2D eigenvalue weighted by Gasteiger charge is -2.33. The molecule has 152 valence electrons. The molecule has 1 saturated heterocycles. The Kier molecular flexibility index (Phi) is 5.50. The third-order valence-corrected chi connectivity index (χ3v) is 5.08. The number of aromatic nitrogens is 4. The van der Waals surface area contributed by atoms with Crippen LogP contribution in [-0.4, -0.2) is 53.2 Å². The van der Waals surface area contributed by atoms with Gasteiger partial charge in [-0.1, -0.05) is 12.1 Å². The van der Waals surface area contributed by atoms with Gasteiger partial charge in [-0.3, -0.25) is 4.57 Å². The summed E-state index contributed by atoms with van der Waals surface area (Å²) in [4.78, 5) is 6.55. The van der Waals surface area contributed by atoms with Crippen molar-refractivity contribution >= 4 is 5.95 Å². The third kappa shape index (κ3) is 3.96. The van der Waals surface area contributed by atoms with Crippen molar-refractivity contribution in [3.8, 4) is 23.1 Å². The predicted octanol–water partition coefficient (Wildman–Crippen LogP) is 3.04. The Labute approximate surface area is 170 Å². The lowest BCUT2D eigenvalue weighted by Crippen LogP contribution is -2.39. The number of aryl methyl sites for hydroxylation is 1. The standard InChI is InChI=1S/C21H25N5O3/c1-15-23-24-21(26(15)16-8-9-20(28-3)22-14-16)25-12-10-17(11-13-25)29-19-7-5-4-6-18(19)27-2/h4-9,14,17H,10-13H2,1-3H3. The second kappa shape index (κ2) is 8.38. The first-order chi connectivity index (χ1) is 14.2. The molecule has 1 fully saturated rings. The van der Waals surface area contributed by atoms with Crippen LogP contribution >= 0.6 is 0 Å². The Morgan fingerprint density at radius 1 is 0.931 bits per heavy atom. The van der Waals surface area contributed by atoms with Crippen LogP contribution in [0, 0.1) is 6.92 Å². The molecule has 29 heavy (non-hydrogen) atoms. The highest BCUT2D eigenvalue weighted by Gasteiger charge is 2.25. The van der Waals surface area contributed by atoms with Gasteiger partial charge in [0.05, 0.1) is 26.1 Å². The molecule has 1 aliphatic rings. The van der Waals surface area contributed by atoms with Gasteiger partial charge in [-0.15, -0.1) is 10.2 Å². The third-order valence-electron chi connectivity index (χ3n) is 5.08. The highest BCUT2D eigenvalue weighted by Crippen LogP contribution is 2.30. The molecule has 0 atom stereocenters. The molecule has 2 aromatic heterocycles. The van der Waals surface area contributed by atoms with Crippen LogP contribution in [-0.2, 0) is 0 Å². The van der Waals surface area contributed by atoms with E-state index in [4.69, 9.17) is 14.2 Å². The van der Waals surface area contributed by atoms with E-state index in [1.165, 1.54) is 0 Å². The van der Waals surface area contributed by atoms with Crippen LogP contribution in [0.15, 0.2) is 42.6 Å². The van der Waals surface area contributed by atoms with E-state index in [1.54, 1.807) is 20.4 Å². The Morgan fingerprint density at radius 3 is 2.34 bits per heavy atom. The van der Waals surface area contributed by atoms with Gasteiger partial charge in [0.1, 0.15) is 11.9 Å². The molecule has 3 aromatic rings. The van der Waals surface area contributed by atoms with Gasteiger partial charge in [-0.05, 0) is 25.1 Å². The zero-order chi connectivity index (χ0) is 20.2. The summed E-state index contributed by atoms with van der Waals surface area (Å²) in [6, 6.07) is 11.6. The van der Waals surface area contributed by atoms with Gasteiger partial charge in [0.2, 0.25) is 11.8 Å². The lowest BCUT2D eigenvalue weighted by atomic mass is 10.1. The number of methoxy groups -OCH3 is 2. The molecule has 0 bridgehead atoms. The topological polar surface area (TPSA) is 74.5 Å². The number of nitrogens with zero attached hydrogens (tertiary/aromatic N) is 5. The number of piperidine rings is 1. The van der Waals surface area contributed by atoms with Gasteiger partial charge in [0, 0.05) is 32.0 Å². The van der Waals surface area contributed by atoms with E-state index in [0.29, 0.717) is 5.88 Å². The first-order valence-corrected chi connectivity index (χ1v) is 9.66. The van der Waals surface area contributed by atoms with Gasteiger partial charge >= 0.3 is 0 Å². The summed E-state index contributed by atoms with van der Waals surface area (Å²) in [6.45, 7) is 3.61. The molecular weight excluding hydrogens is 370 g/mol. The number of hydrogen-bond acceptors (Lipinski definition) is 7. The summed E-state index contributed by atoms with van der Waals surface area (Å²) >= 11 is 0. The number of anilines is 1. The van der Waals surface area contributed by atoms with E-state index in [2.05, 4.69) is 20.1 Å². The summed E-state index contributed by atoms with van der Waals surface area (Å²) in [5.41, 5.74) is 0.913. The Balaban J connectivity index is 1.46.